The Labute approximate surface area is 123 Å². The highest BCUT2D eigenvalue weighted by atomic mass is 15.1. The van der Waals surface area contributed by atoms with Crippen LogP contribution in [0.1, 0.15) is 17.8 Å². The molecule has 3 N–H and O–H groups in total. The van der Waals surface area contributed by atoms with E-state index in [9.17, 15) is 0 Å². The number of aryl methyl sites for hydroxylation is 2. The second-order valence-electron chi connectivity index (χ2n) is 5.03. The minimum atomic E-state index is 0.830. The van der Waals surface area contributed by atoms with Gasteiger partial charge >= 0.3 is 0 Å². The van der Waals surface area contributed by atoms with Crippen molar-refractivity contribution in [2.75, 3.05) is 11.9 Å². The van der Waals surface area contributed by atoms with Crippen LogP contribution in [0.5, 0.6) is 0 Å². The number of benzene rings is 1. The number of anilines is 1. The molecule has 0 saturated heterocycles. The van der Waals surface area contributed by atoms with Gasteiger partial charge in [-0.25, -0.2) is 9.97 Å². The van der Waals surface area contributed by atoms with Crippen molar-refractivity contribution >= 4 is 5.95 Å². The molecule has 0 radical (unpaired) electrons. The number of aromatic amines is 2. The van der Waals surface area contributed by atoms with Gasteiger partial charge in [-0.2, -0.15) is 0 Å². The highest BCUT2D eigenvalue weighted by molar-refractivity contribution is 5.63. The predicted octanol–water partition coefficient (Wildman–Crippen LogP) is 3.15. The Bertz CT molecular complexity index is 670. The molecule has 0 aliphatic carbocycles. The van der Waals surface area contributed by atoms with Crippen LogP contribution in [0.4, 0.5) is 5.95 Å². The van der Waals surface area contributed by atoms with Gasteiger partial charge in [-0.1, -0.05) is 30.3 Å². The third kappa shape index (κ3) is 3.31. The largest absolute Gasteiger partial charge is 0.356 e. The Morgan fingerprint density at radius 1 is 1.19 bits per heavy atom. The molecule has 2 aromatic heterocycles. The smallest absolute Gasteiger partial charge is 0.200 e. The average molecular weight is 281 g/mol. The van der Waals surface area contributed by atoms with Crippen LogP contribution in [0.2, 0.25) is 0 Å². The van der Waals surface area contributed by atoms with Crippen molar-refractivity contribution in [3.63, 3.8) is 0 Å². The zero-order chi connectivity index (χ0) is 14.5. The van der Waals surface area contributed by atoms with E-state index < -0.39 is 0 Å². The molecule has 5 heteroatoms. The lowest BCUT2D eigenvalue weighted by molar-refractivity contribution is 0.836. The van der Waals surface area contributed by atoms with Gasteiger partial charge in [-0.05, 0) is 19.8 Å². The van der Waals surface area contributed by atoms with E-state index in [1.54, 1.807) is 6.33 Å². The molecule has 5 nitrogen and oxygen atoms in total. The molecule has 0 spiro atoms. The lowest BCUT2D eigenvalue weighted by Gasteiger charge is -2.01. The summed E-state index contributed by atoms with van der Waals surface area (Å²) in [6, 6.07) is 10.2. The topological polar surface area (TPSA) is 69.4 Å². The molecule has 1 aromatic carbocycles. The second kappa shape index (κ2) is 6.26. The molecular weight excluding hydrogens is 262 g/mol. The van der Waals surface area contributed by atoms with Gasteiger partial charge in [0.25, 0.3) is 0 Å². The molecule has 0 atom stereocenters. The fourth-order valence-electron chi connectivity index (χ4n) is 2.33. The molecule has 0 bridgehead atoms. The van der Waals surface area contributed by atoms with Crippen molar-refractivity contribution in [3.05, 3.63) is 54.2 Å². The summed E-state index contributed by atoms with van der Waals surface area (Å²) < 4.78 is 0. The summed E-state index contributed by atoms with van der Waals surface area (Å²) in [4.78, 5) is 15.0. The van der Waals surface area contributed by atoms with Crippen molar-refractivity contribution < 1.29 is 0 Å². The van der Waals surface area contributed by atoms with Crippen LogP contribution in [0.3, 0.4) is 0 Å². The molecule has 0 fully saturated rings. The first kappa shape index (κ1) is 13.4. The lowest BCUT2D eigenvalue weighted by atomic mass is 10.1. The Morgan fingerprint density at radius 3 is 2.81 bits per heavy atom. The fourth-order valence-corrected chi connectivity index (χ4v) is 2.33. The van der Waals surface area contributed by atoms with E-state index in [4.69, 9.17) is 0 Å². The zero-order valence-corrected chi connectivity index (χ0v) is 12.1. The van der Waals surface area contributed by atoms with Crippen LogP contribution in [-0.4, -0.2) is 26.5 Å². The Balaban J connectivity index is 1.57. The minimum absolute atomic E-state index is 0.830. The van der Waals surface area contributed by atoms with Gasteiger partial charge in [-0.15, -0.1) is 0 Å². The molecule has 0 saturated carbocycles. The number of hydrogen-bond acceptors (Lipinski definition) is 3. The van der Waals surface area contributed by atoms with E-state index in [1.165, 1.54) is 0 Å². The van der Waals surface area contributed by atoms with Crippen LogP contribution in [0, 0.1) is 6.92 Å². The normalized spacial score (nSPS) is 10.7. The zero-order valence-electron chi connectivity index (χ0n) is 12.1. The molecule has 0 aliphatic rings. The van der Waals surface area contributed by atoms with Gasteiger partial charge < -0.3 is 15.3 Å². The number of nitrogens with one attached hydrogen (secondary N) is 3. The fraction of sp³-hybridized carbons (Fsp3) is 0.250. The van der Waals surface area contributed by atoms with Crippen molar-refractivity contribution in [2.45, 2.75) is 19.8 Å². The summed E-state index contributed by atoms with van der Waals surface area (Å²) in [5, 5.41) is 3.34. The van der Waals surface area contributed by atoms with Gasteiger partial charge in [-0.3, -0.25) is 0 Å². The molecular formula is C16H19N5. The van der Waals surface area contributed by atoms with E-state index in [2.05, 4.69) is 37.4 Å². The number of H-pyrrole nitrogens is 2. The molecule has 0 aliphatic heterocycles. The first-order valence-corrected chi connectivity index (χ1v) is 7.16. The molecule has 0 amide bonds. The van der Waals surface area contributed by atoms with Gasteiger partial charge in [0.05, 0.1) is 12.0 Å². The predicted molar refractivity (Wildman–Crippen MR) is 84.2 cm³/mol. The molecule has 3 aromatic rings. The molecule has 3 rings (SSSR count). The van der Waals surface area contributed by atoms with Crippen LogP contribution >= 0.6 is 0 Å². The van der Waals surface area contributed by atoms with E-state index in [0.29, 0.717) is 0 Å². The lowest BCUT2D eigenvalue weighted by Crippen LogP contribution is -2.04. The summed E-state index contributed by atoms with van der Waals surface area (Å²) in [5.41, 5.74) is 4.39. The monoisotopic (exact) mass is 281 g/mol. The highest BCUT2D eigenvalue weighted by Crippen LogP contribution is 2.22. The molecule has 2 heterocycles. The van der Waals surface area contributed by atoms with Gasteiger partial charge in [0.2, 0.25) is 5.95 Å². The standard InChI is InChI=1S/C16H19N5/c1-12-15(13-6-3-2-4-7-13)21-16(20-12)18-9-5-8-14-10-17-11-19-14/h2-4,6-7,10-11H,5,8-9H2,1H3,(H,17,19)(H2,18,20,21). The van der Waals surface area contributed by atoms with Crippen molar-refractivity contribution in [1.82, 2.24) is 19.9 Å². The van der Waals surface area contributed by atoms with Gasteiger partial charge in [0.15, 0.2) is 0 Å². The number of aromatic nitrogens is 4. The summed E-state index contributed by atoms with van der Waals surface area (Å²) in [6.07, 6.45) is 5.59. The van der Waals surface area contributed by atoms with Gasteiger partial charge in [0.1, 0.15) is 0 Å². The second-order valence-corrected chi connectivity index (χ2v) is 5.03. The average Bonchev–Trinajstić information content (AvgIpc) is 3.14. The van der Waals surface area contributed by atoms with Crippen LogP contribution in [0.25, 0.3) is 11.3 Å². The number of imidazole rings is 2. The van der Waals surface area contributed by atoms with Crippen molar-refractivity contribution in [2.24, 2.45) is 0 Å². The number of hydrogen-bond donors (Lipinski definition) is 3. The maximum atomic E-state index is 4.63. The Kier molecular flexibility index (Phi) is 4.00. The Morgan fingerprint density at radius 2 is 2.05 bits per heavy atom. The summed E-state index contributed by atoms with van der Waals surface area (Å²) >= 11 is 0. The van der Waals surface area contributed by atoms with E-state index in [1.807, 2.05) is 31.3 Å². The van der Waals surface area contributed by atoms with Crippen LogP contribution in [0.15, 0.2) is 42.9 Å². The van der Waals surface area contributed by atoms with Crippen LogP contribution < -0.4 is 5.32 Å². The first-order valence-electron chi connectivity index (χ1n) is 7.16. The van der Waals surface area contributed by atoms with Gasteiger partial charge in [0, 0.05) is 29.7 Å². The summed E-state index contributed by atoms with van der Waals surface area (Å²) in [6.45, 7) is 2.92. The van der Waals surface area contributed by atoms with Crippen molar-refractivity contribution in [3.8, 4) is 11.3 Å². The first-order chi connectivity index (χ1) is 10.3. The highest BCUT2D eigenvalue weighted by Gasteiger charge is 2.07. The minimum Gasteiger partial charge on any atom is -0.356 e. The summed E-state index contributed by atoms with van der Waals surface area (Å²) in [7, 11) is 0. The van der Waals surface area contributed by atoms with E-state index in [0.717, 1.165) is 48.0 Å². The maximum absolute atomic E-state index is 4.63. The Hall–Kier alpha value is -2.56. The number of nitrogens with zero attached hydrogens (tertiary/aromatic N) is 2. The maximum Gasteiger partial charge on any atom is 0.200 e. The SMILES string of the molecule is Cc1[nH]c(NCCCc2cnc[nH]2)nc1-c1ccccc1. The van der Waals surface area contributed by atoms with E-state index in [-0.39, 0.29) is 0 Å². The quantitative estimate of drug-likeness (QED) is 0.608. The van der Waals surface area contributed by atoms with E-state index >= 15 is 0 Å². The van der Waals surface area contributed by atoms with Crippen LogP contribution in [-0.2, 0) is 6.42 Å². The molecule has 108 valence electrons. The molecule has 21 heavy (non-hydrogen) atoms. The molecule has 0 unspecified atom stereocenters. The van der Waals surface area contributed by atoms with Crippen molar-refractivity contribution in [1.29, 1.82) is 0 Å². The third-order valence-electron chi connectivity index (χ3n) is 3.40. The third-order valence-corrected chi connectivity index (χ3v) is 3.40. The summed E-state index contributed by atoms with van der Waals surface area (Å²) in [5.74, 6) is 0.830. The number of rotatable bonds is 6.